The van der Waals surface area contributed by atoms with Crippen LogP contribution in [0.15, 0.2) is 60.8 Å². The number of hydrogen-bond donors (Lipinski definition) is 0. The lowest BCUT2D eigenvalue weighted by Gasteiger charge is -2.34. The Morgan fingerprint density at radius 3 is 1.67 bits per heavy atom. The minimum Gasteiger partial charge on any atom is -0.544 e. The fraction of sp³-hybridized carbons (Fsp3) is 0.683. The summed E-state index contributed by atoms with van der Waals surface area (Å²) in [6.07, 6.45) is 36.8. The topological polar surface area (TPSA) is 102 Å². The van der Waals surface area contributed by atoms with Crippen molar-refractivity contribution in [3.63, 3.8) is 0 Å². The number of rotatable bonds is 32. The number of esters is 2. The number of nitrogens with zero attached hydrogens (tertiary/aromatic N) is 1. The first kappa shape index (κ1) is 46.0. The standard InChI is InChI=1S/C41H69NO7/c1-6-8-10-12-14-16-18-20-22-24-26-28-30-32-40(44)49-37(35-47-34-33-38(41(45)46)42(3,4)5)36-48-39(43)31-29-27-25-23-21-19-17-15-13-11-9-7-2/h8,10,12,14,16,18,20,22,24,26,37-38H,6-7,9,11,13,15,17,19,21,23,25,27-36H2,1-5H3/b10-8+,14-12+,18-16+,22-20+,26-24+. The number of unbranched alkanes of at least 4 members (excludes halogenated alkanes) is 12. The molecule has 8 nitrogen and oxygen atoms in total. The Kier molecular flexibility index (Phi) is 30.3. The van der Waals surface area contributed by atoms with E-state index in [0.29, 0.717) is 12.8 Å². The van der Waals surface area contributed by atoms with E-state index in [1.54, 1.807) is 21.1 Å². The van der Waals surface area contributed by atoms with E-state index in [0.717, 1.165) is 32.1 Å². The Balaban J connectivity index is 4.57. The molecule has 2 atom stereocenters. The first-order valence-corrected chi connectivity index (χ1v) is 18.9. The average Bonchev–Trinajstić information content (AvgIpc) is 3.05. The number of aliphatic carboxylic acids is 1. The van der Waals surface area contributed by atoms with Crippen LogP contribution in [-0.4, -0.2) is 75.5 Å². The van der Waals surface area contributed by atoms with Crippen molar-refractivity contribution in [2.75, 3.05) is 41.0 Å². The summed E-state index contributed by atoms with van der Waals surface area (Å²) in [5.74, 6) is -1.84. The van der Waals surface area contributed by atoms with Gasteiger partial charge in [0, 0.05) is 19.3 Å². The van der Waals surface area contributed by atoms with Crippen LogP contribution in [0.3, 0.4) is 0 Å². The largest absolute Gasteiger partial charge is 0.544 e. The number of ether oxygens (including phenoxy) is 3. The third-order valence-corrected chi connectivity index (χ3v) is 8.05. The zero-order valence-corrected chi connectivity index (χ0v) is 31.6. The van der Waals surface area contributed by atoms with Crippen molar-refractivity contribution < 1.29 is 38.2 Å². The van der Waals surface area contributed by atoms with Gasteiger partial charge in [0.15, 0.2) is 6.10 Å². The summed E-state index contributed by atoms with van der Waals surface area (Å²) in [5.41, 5.74) is 0. The Morgan fingerprint density at radius 1 is 0.633 bits per heavy atom. The third-order valence-electron chi connectivity index (χ3n) is 8.05. The van der Waals surface area contributed by atoms with E-state index in [4.69, 9.17) is 14.2 Å². The molecule has 0 bridgehead atoms. The Bertz CT molecular complexity index is 990. The Labute approximate surface area is 298 Å². The van der Waals surface area contributed by atoms with E-state index < -0.39 is 18.1 Å². The quantitative estimate of drug-likeness (QED) is 0.0305. The first-order chi connectivity index (χ1) is 23.6. The van der Waals surface area contributed by atoms with Gasteiger partial charge in [0.1, 0.15) is 12.6 Å². The zero-order valence-electron chi connectivity index (χ0n) is 31.6. The van der Waals surface area contributed by atoms with Gasteiger partial charge < -0.3 is 28.6 Å². The molecule has 0 saturated carbocycles. The van der Waals surface area contributed by atoms with Gasteiger partial charge >= 0.3 is 11.9 Å². The van der Waals surface area contributed by atoms with E-state index >= 15 is 0 Å². The van der Waals surface area contributed by atoms with Crippen molar-refractivity contribution in [1.82, 2.24) is 0 Å². The van der Waals surface area contributed by atoms with Crippen molar-refractivity contribution in [1.29, 1.82) is 0 Å². The second kappa shape index (κ2) is 32.2. The first-order valence-electron chi connectivity index (χ1n) is 18.9. The van der Waals surface area contributed by atoms with Crippen molar-refractivity contribution >= 4 is 17.9 Å². The van der Waals surface area contributed by atoms with Gasteiger partial charge in [0.25, 0.3) is 0 Å². The van der Waals surface area contributed by atoms with Gasteiger partial charge in [-0.1, -0.05) is 145 Å². The van der Waals surface area contributed by atoms with Crippen LogP contribution in [0.2, 0.25) is 0 Å². The number of quaternary nitrogens is 1. The molecule has 280 valence electrons. The molecule has 0 spiro atoms. The molecule has 0 radical (unpaired) electrons. The maximum Gasteiger partial charge on any atom is 0.306 e. The van der Waals surface area contributed by atoms with Crippen LogP contribution in [0.1, 0.15) is 129 Å². The van der Waals surface area contributed by atoms with Gasteiger partial charge in [0.05, 0.1) is 40.3 Å². The molecule has 0 N–H and O–H groups in total. The van der Waals surface area contributed by atoms with Crippen LogP contribution < -0.4 is 5.11 Å². The smallest absolute Gasteiger partial charge is 0.306 e. The fourth-order valence-electron chi connectivity index (χ4n) is 5.10. The zero-order chi connectivity index (χ0) is 36.4. The van der Waals surface area contributed by atoms with Gasteiger partial charge in [-0.2, -0.15) is 0 Å². The van der Waals surface area contributed by atoms with Gasteiger partial charge in [-0.25, -0.2) is 0 Å². The number of carbonyl (C=O) groups is 3. The third kappa shape index (κ3) is 30.8. The SMILES string of the molecule is CC/C=C/C=C/C=C/C=C/C=C/CCCC(=O)OC(COCCC(C(=O)[O-])[N+](C)(C)C)COC(=O)CCCCCCCCCCCCCC. The summed E-state index contributed by atoms with van der Waals surface area (Å²) in [6.45, 7) is 4.41. The van der Waals surface area contributed by atoms with E-state index in [1.165, 1.54) is 57.8 Å². The monoisotopic (exact) mass is 688 g/mol. The maximum atomic E-state index is 12.6. The van der Waals surface area contributed by atoms with Gasteiger partial charge in [-0.3, -0.25) is 9.59 Å². The average molecular weight is 688 g/mol. The Hall–Kier alpha value is -2.97. The highest BCUT2D eigenvalue weighted by Crippen LogP contribution is 2.13. The highest BCUT2D eigenvalue weighted by atomic mass is 16.6. The van der Waals surface area contributed by atoms with Gasteiger partial charge in [-0.05, 0) is 25.7 Å². The number of carbonyl (C=O) groups excluding carboxylic acids is 3. The summed E-state index contributed by atoms with van der Waals surface area (Å²) < 4.78 is 17.0. The predicted molar refractivity (Wildman–Crippen MR) is 199 cm³/mol. The maximum absolute atomic E-state index is 12.6. The molecule has 0 saturated heterocycles. The molecular weight excluding hydrogens is 618 g/mol. The van der Waals surface area contributed by atoms with Crippen molar-refractivity contribution in [2.45, 2.75) is 142 Å². The summed E-state index contributed by atoms with van der Waals surface area (Å²) in [4.78, 5) is 36.6. The van der Waals surface area contributed by atoms with Crippen LogP contribution in [0.4, 0.5) is 0 Å². The van der Waals surface area contributed by atoms with Crippen LogP contribution in [0.5, 0.6) is 0 Å². The molecule has 49 heavy (non-hydrogen) atoms. The molecule has 0 aliphatic rings. The predicted octanol–water partition coefficient (Wildman–Crippen LogP) is 8.13. The highest BCUT2D eigenvalue weighted by Gasteiger charge is 2.25. The molecule has 0 amide bonds. The van der Waals surface area contributed by atoms with E-state index in [1.807, 2.05) is 54.7 Å². The van der Waals surface area contributed by atoms with Crippen LogP contribution in [-0.2, 0) is 28.6 Å². The van der Waals surface area contributed by atoms with Gasteiger partial charge in [-0.15, -0.1) is 0 Å². The van der Waals surface area contributed by atoms with Crippen molar-refractivity contribution in [3.05, 3.63) is 60.8 Å². The molecule has 0 heterocycles. The minimum atomic E-state index is -1.14. The summed E-state index contributed by atoms with van der Waals surface area (Å²) in [7, 11) is 5.36. The molecule has 0 aromatic rings. The number of hydrogen-bond acceptors (Lipinski definition) is 7. The summed E-state index contributed by atoms with van der Waals surface area (Å²) >= 11 is 0. The van der Waals surface area contributed by atoms with Crippen LogP contribution >= 0.6 is 0 Å². The molecule has 0 aliphatic heterocycles. The lowest BCUT2D eigenvalue weighted by molar-refractivity contribution is -0.889. The van der Waals surface area contributed by atoms with E-state index in [-0.39, 0.29) is 49.1 Å². The highest BCUT2D eigenvalue weighted by molar-refractivity contribution is 5.70. The summed E-state index contributed by atoms with van der Waals surface area (Å²) in [6, 6.07) is -0.738. The molecule has 0 rings (SSSR count). The second-order valence-electron chi connectivity index (χ2n) is 13.6. The molecule has 0 aromatic heterocycles. The molecule has 0 aliphatic carbocycles. The molecular formula is C41H69NO7. The number of carboxylic acids is 1. The minimum absolute atomic E-state index is 0.0107. The normalized spacial score (nSPS) is 13.7. The number of likely N-dealkylation sites (N-methyl/N-ethyl adjacent to an activating group) is 1. The fourth-order valence-corrected chi connectivity index (χ4v) is 5.10. The van der Waals surface area contributed by atoms with Crippen molar-refractivity contribution in [3.8, 4) is 0 Å². The lowest BCUT2D eigenvalue weighted by Crippen LogP contribution is -2.55. The van der Waals surface area contributed by atoms with E-state index in [2.05, 4.69) is 19.9 Å². The van der Waals surface area contributed by atoms with E-state index in [9.17, 15) is 19.5 Å². The lowest BCUT2D eigenvalue weighted by atomic mass is 10.0. The Morgan fingerprint density at radius 2 is 1.14 bits per heavy atom. The molecule has 2 unspecified atom stereocenters. The summed E-state index contributed by atoms with van der Waals surface area (Å²) in [5, 5.41) is 11.6. The number of allylic oxidation sites excluding steroid dienone is 10. The molecule has 0 fully saturated rings. The second-order valence-corrected chi connectivity index (χ2v) is 13.6. The molecule has 8 heteroatoms. The van der Waals surface area contributed by atoms with Crippen molar-refractivity contribution in [2.24, 2.45) is 0 Å². The number of carboxylic acid groups (broad SMARTS) is 1. The van der Waals surface area contributed by atoms with Crippen LogP contribution in [0, 0.1) is 0 Å². The molecule has 0 aromatic carbocycles. The van der Waals surface area contributed by atoms with Gasteiger partial charge in [0.2, 0.25) is 0 Å². The van der Waals surface area contributed by atoms with Crippen LogP contribution in [0.25, 0.3) is 0 Å².